The second-order valence-electron chi connectivity index (χ2n) is 8.27. The normalized spacial score (nSPS) is 25.9. The van der Waals surface area contributed by atoms with Gasteiger partial charge in [-0.15, -0.1) is 0 Å². The van der Waals surface area contributed by atoms with Crippen LogP contribution in [0.2, 0.25) is 0 Å². The zero-order chi connectivity index (χ0) is 18.8. The zero-order valence-electron chi connectivity index (χ0n) is 16.1. The number of aromatic nitrogens is 3. The molecule has 1 N–H and O–H groups in total. The number of hydrogen-bond donors (Lipinski definition) is 1. The fourth-order valence-electron chi connectivity index (χ4n) is 4.63. The Morgan fingerprint density at radius 3 is 3.04 bits per heavy atom. The second-order valence-corrected chi connectivity index (χ2v) is 8.93. The van der Waals surface area contributed by atoms with E-state index in [4.69, 9.17) is 14.5 Å². The van der Waals surface area contributed by atoms with Crippen molar-refractivity contribution >= 4 is 17.5 Å². The lowest BCUT2D eigenvalue weighted by atomic mass is 9.80. The van der Waals surface area contributed by atoms with E-state index >= 15 is 0 Å². The van der Waals surface area contributed by atoms with Crippen LogP contribution in [0.25, 0.3) is 0 Å². The predicted molar refractivity (Wildman–Crippen MR) is 107 cm³/mol. The Bertz CT molecular complexity index is 796. The van der Waals surface area contributed by atoms with Gasteiger partial charge in [-0.05, 0) is 48.8 Å². The fraction of sp³-hybridized carbons (Fsp3) is 0.650. The number of fused-ring (bicyclic) bond motifs is 2. The molecule has 0 amide bonds. The molecule has 0 radical (unpaired) electrons. The number of ether oxygens (including phenoxy) is 2. The van der Waals surface area contributed by atoms with Crippen molar-refractivity contribution in [2.45, 2.75) is 37.8 Å². The fourth-order valence-corrected chi connectivity index (χ4v) is 5.16. The number of anilines is 1. The van der Waals surface area contributed by atoms with Gasteiger partial charge in [-0.1, -0.05) is 0 Å². The van der Waals surface area contributed by atoms with E-state index in [-0.39, 0.29) is 5.41 Å². The first-order valence-electron chi connectivity index (χ1n) is 10.2. The van der Waals surface area contributed by atoms with Crippen LogP contribution in [-0.2, 0) is 28.0 Å². The van der Waals surface area contributed by atoms with Crippen molar-refractivity contribution in [3.05, 3.63) is 34.6 Å². The van der Waals surface area contributed by atoms with Crippen molar-refractivity contribution in [3.63, 3.8) is 0 Å². The van der Waals surface area contributed by atoms with Crippen LogP contribution in [0.4, 0.5) is 5.95 Å². The highest BCUT2D eigenvalue weighted by molar-refractivity contribution is 7.03. The molecular weight excluding hydrogens is 374 g/mol. The molecule has 1 atom stereocenters. The molecule has 0 saturated carbocycles. The molecule has 2 aromatic heterocycles. The van der Waals surface area contributed by atoms with Gasteiger partial charge >= 0.3 is 0 Å². The molecule has 150 valence electrons. The first-order valence-corrected chi connectivity index (χ1v) is 11.0. The van der Waals surface area contributed by atoms with Crippen molar-refractivity contribution in [3.8, 4) is 0 Å². The molecule has 2 saturated heterocycles. The molecule has 2 fully saturated rings. The summed E-state index contributed by atoms with van der Waals surface area (Å²) in [7, 11) is 0. The number of hydrogen-bond acceptors (Lipinski definition) is 8. The maximum Gasteiger partial charge on any atom is 0.222 e. The van der Waals surface area contributed by atoms with Crippen LogP contribution in [0.15, 0.2) is 17.8 Å². The van der Waals surface area contributed by atoms with Gasteiger partial charge in [0.2, 0.25) is 5.95 Å². The average molecular weight is 402 g/mol. The molecule has 7 nitrogen and oxygen atoms in total. The molecular formula is C20H27N5O2S. The highest BCUT2D eigenvalue weighted by Crippen LogP contribution is 2.39. The van der Waals surface area contributed by atoms with E-state index in [1.54, 1.807) is 0 Å². The Hall–Kier alpha value is -1.61. The lowest BCUT2D eigenvalue weighted by Gasteiger charge is -2.34. The van der Waals surface area contributed by atoms with Crippen molar-refractivity contribution in [1.29, 1.82) is 0 Å². The van der Waals surface area contributed by atoms with Crippen molar-refractivity contribution in [1.82, 2.24) is 19.2 Å². The minimum Gasteiger partial charge on any atom is -0.381 e. The third kappa shape index (κ3) is 3.78. The topological polar surface area (TPSA) is 72.4 Å². The van der Waals surface area contributed by atoms with Gasteiger partial charge in [-0.25, -0.2) is 14.3 Å². The van der Waals surface area contributed by atoms with E-state index in [0.29, 0.717) is 12.5 Å². The van der Waals surface area contributed by atoms with Gasteiger partial charge in [0.05, 0.1) is 24.3 Å². The van der Waals surface area contributed by atoms with E-state index in [0.717, 1.165) is 76.8 Å². The maximum atomic E-state index is 5.96. The minimum atomic E-state index is -0.0188. The van der Waals surface area contributed by atoms with E-state index in [2.05, 4.69) is 25.0 Å². The minimum absolute atomic E-state index is 0.0188. The summed E-state index contributed by atoms with van der Waals surface area (Å²) in [5.74, 6) is 1.40. The van der Waals surface area contributed by atoms with E-state index in [1.807, 2.05) is 12.4 Å². The summed E-state index contributed by atoms with van der Waals surface area (Å²) in [5, 5.41) is 5.62. The summed E-state index contributed by atoms with van der Waals surface area (Å²) >= 11 is 1.52. The lowest BCUT2D eigenvalue weighted by molar-refractivity contribution is 0.0503. The van der Waals surface area contributed by atoms with Crippen LogP contribution >= 0.6 is 11.5 Å². The highest BCUT2D eigenvalue weighted by Gasteiger charge is 2.44. The number of likely N-dealkylation sites (tertiary alicyclic amines) is 1. The molecule has 8 heteroatoms. The van der Waals surface area contributed by atoms with Crippen molar-refractivity contribution in [2.75, 3.05) is 44.8 Å². The Morgan fingerprint density at radius 2 is 2.18 bits per heavy atom. The van der Waals surface area contributed by atoms with E-state index in [9.17, 15) is 0 Å². The molecule has 3 aliphatic heterocycles. The quantitative estimate of drug-likeness (QED) is 0.825. The second kappa shape index (κ2) is 8.02. The summed E-state index contributed by atoms with van der Waals surface area (Å²) in [6.45, 7) is 7.01. The SMILES string of the molecule is c1nscc1CN1CCC2(COCc3cnc(NCC4CCOCC4)nc32)C1. The first kappa shape index (κ1) is 18.4. The number of rotatable bonds is 5. The maximum absolute atomic E-state index is 5.96. The van der Waals surface area contributed by atoms with E-state index in [1.165, 1.54) is 22.8 Å². The van der Waals surface area contributed by atoms with Gasteiger partial charge in [0.15, 0.2) is 0 Å². The summed E-state index contributed by atoms with van der Waals surface area (Å²) in [4.78, 5) is 12.1. The average Bonchev–Trinajstić information content (AvgIpc) is 3.39. The van der Waals surface area contributed by atoms with Gasteiger partial charge in [0.1, 0.15) is 0 Å². The summed E-state index contributed by atoms with van der Waals surface area (Å²) in [6.07, 6.45) is 7.24. The van der Waals surface area contributed by atoms with Crippen LogP contribution in [0.1, 0.15) is 36.1 Å². The third-order valence-electron chi connectivity index (χ3n) is 6.22. The predicted octanol–water partition coefficient (Wildman–Crippen LogP) is 2.45. The van der Waals surface area contributed by atoms with Gasteiger partial charge in [-0.3, -0.25) is 4.90 Å². The third-order valence-corrected chi connectivity index (χ3v) is 6.85. The molecule has 0 bridgehead atoms. The van der Waals surface area contributed by atoms with E-state index < -0.39 is 0 Å². The van der Waals surface area contributed by atoms with Gasteiger partial charge in [0.25, 0.3) is 0 Å². The molecule has 5 heterocycles. The van der Waals surface area contributed by atoms with Gasteiger partial charge in [0, 0.05) is 56.2 Å². The zero-order valence-corrected chi connectivity index (χ0v) is 16.9. The van der Waals surface area contributed by atoms with Crippen molar-refractivity contribution < 1.29 is 9.47 Å². The molecule has 3 aliphatic rings. The number of nitrogens with zero attached hydrogens (tertiary/aromatic N) is 4. The van der Waals surface area contributed by atoms with Crippen LogP contribution < -0.4 is 5.32 Å². The lowest BCUT2D eigenvalue weighted by Crippen LogP contribution is -2.40. The Kier molecular flexibility index (Phi) is 5.28. The van der Waals surface area contributed by atoms with Crippen LogP contribution in [0.3, 0.4) is 0 Å². The largest absolute Gasteiger partial charge is 0.381 e. The Balaban J connectivity index is 1.30. The van der Waals surface area contributed by atoms with Gasteiger partial charge in [-0.2, -0.15) is 0 Å². The molecule has 0 aliphatic carbocycles. The summed E-state index contributed by atoms with van der Waals surface area (Å²) in [5.41, 5.74) is 3.60. The smallest absolute Gasteiger partial charge is 0.222 e. The molecule has 28 heavy (non-hydrogen) atoms. The monoisotopic (exact) mass is 401 g/mol. The Morgan fingerprint density at radius 1 is 1.25 bits per heavy atom. The van der Waals surface area contributed by atoms with Crippen LogP contribution in [0.5, 0.6) is 0 Å². The molecule has 2 aromatic rings. The summed E-state index contributed by atoms with van der Waals surface area (Å²) in [6, 6.07) is 0. The first-order chi connectivity index (χ1) is 13.8. The molecule has 1 spiro atoms. The van der Waals surface area contributed by atoms with Crippen LogP contribution in [-0.4, -0.2) is 58.7 Å². The van der Waals surface area contributed by atoms with Crippen molar-refractivity contribution in [2.24, 2.45) is 5.92 Å². The standard InChI is InChI=1S/C20H27N5O2S/c1-5-26-6-2-15(1)7-21-19-22-9-17-11-27-14-20(18(17)24-19)3-4-25(13-20)10-16-8-23-28-12-16/h8-9,12,15H,1-7,10-11,13-14H2,(H,21,22,24). The van der Waals surface area contributed by atoms with Gasteiger partial charge < -0.3 is 14.8 Å². The molecule has 0 aromatic carbocycles. The highest BCUT2D eigenvalue weighted by atomic mass is 32.1. The summed E-state index contributed by atoms with van der Waals surface area (Å²) < 4.78 is 15.6. The molecule has 5 rings (SSSR count). The van der Waals surface area contributed by atoms with Crippen LogP contribution in [0, 0.1) is 5.92 Å². The Labute approximate surface area is 169 Å². The molecule has 1 unspecified atom stereocenters. The number of nitrogens with one attached hydrogen (secondary N) is 1.